The van der Waals surface area contributed by atoms with Crippen molar-refractivity contribution in [2.24, 2.45) is 7.05 Å². The Hall–Kier alpha value is -1.76. The van der Waals surface area contributed by atoms with Gasteiger partial charge in [0.25, 0.3) is 5.56 Å². The number of nitrogens with zero attached hydrogens (tertiary/aromatic N) is 4. The van der Waals surface area contributed by atoms with Gasteiger partial charge in [-0.3, -0.25) is 4.79 Å². The van der Waals surface area contributed by atoms with Gasteiger partial charge >= 0.3 is 0 Å². The Bertz CT molecular complexity index is 638. The van der Waals surface area contributed by atoms with Gasteiger partial charge < -0.3 is 5.73 Å². The van der Waals surface area contributed by atoms with Crippen molar-refractivity contribution in [3.8, 4) is 10.6 Å². The van der Waals surface area contributed by atoms with Gasteiger partial charge in [-0.2, -0.15) is 5.10 Å². The van der Waals surface area contributed by atoms with Crippen molar-refractivity contribution in [1.29, 1.82) is 0 Å². The van der Waals surface area contributed by atoms with Gasteiger partial charge in [-0.25, -0.2) is 4.68 Å². The van der Waals surface area contributed by atoms with Crippen molar-refractivity contribution in [2.75, 3.05) is 5.73 Å². The highest BCUT2D eigenvalue weighted by Crippen LogP contribution is 2.25. The average Bonchev–Trinajstić information content (AvgIpc) is 2.67. The molecule has 0 aliphatic carbocycles. The van der Waals surface area contributed by atoms with Gasteiger partial charge in [-0.15, -0.1) is 10.2 Å². The zero-order valence-electron chi connectivity index (χ0n) is 10.8. The van der Waals surface area contributed by atoms with Crippen molar-refractivity contribution >= 4 is 16.5 Å². The standard InChI is InChI=1S/C11H15N5OS/c1-11(2,3)7-5-6(9(17)16(4)15-7)8-13-14-10(12)18-8/h5H,1-4H3,(H2,12,14). The SMILES string of the molecule is Cn1nc(C(C)(C)C)cc(-c2nnc(N)s2)c1=O. The molecular weight excluding hydrogens is 250 g/mol. The third kappa shape index (κ3) is 2.26. The van der Waals surface area contributed by atoms with Gasteiger partial charge in [-0.1, -0.05) is 32.1 Å². The smallest absolute Gasteiger partial charge is 0.276 e. The summed E-state index contributed by atoms with van der Waals surface area (Å²) in [6.07, 6.45) is 0. The predicted molar refractivity (Wildman–Crippen MR) is 71.5 cm³/mol. The van der Waals surface area contributed by atoms with E-state index < -0.39 is 0 Å². The fourth-order valence-electron chi connectivity index (χ4n) is 1.47. The first kappa shape index (κ1) is 12.7. The molecule has 0 aromatic carbocycles. The van der Waals surface area contributed by atoms with E-state index in [2.05, 4.69) is 15.3 Å². The zero-order chi connectivity index (χ0) is 13.5. The maximum Gasteiger partial charge on any atom is 0.276 e. The predicted octanol–water partition coefficient (Wildman–Crippen LogP) is 1.18. The van der Waals surface area contributed by atoms with E-state index in [1.807, 2.05) is 20.8 Å². The number of hydrogen-bond donors (Lipinski definition) is 1. The number of nitrogens with two attached hydrogens (primary N) is 1. The second kappa shape index (κ2) is 4.16. The van der Waals surface area contributed by atoms with E-state index in [-0.39, 0.29) is 11.0 Å². The second-order valence-corrected chi connectivity index (χ2v) is 6.08. The molecule has 0 aliphatic rings. The Morgan fingerprint density at radius 1 is 1.33 bits per heavy atom. The van der Waals surface area contributed by atoms with Gasteiger partial charge in [0, 0.05) is 12.5 Å². The molecule has 0 saturated carbocycles. The van der Waals surface area contributed by atoms with Crippen LogP contribution < -0.4 is 11.3 Å². The van der Waals surface area contributed by atoms with Crippen LogP contribution in [0.5, 0.6) is 0 Å². The van der Waals surface area contributed by atoms with Crippen LogP contribution in [0.1, 0.15) is 26.5 Å². The van der Waals surface area contributed by atoms with Crippen LogP contribution in [0.15, 0.2) is 10.9 Å². The second-order valence-electron chi connectivity index (χ2n) is 5.07. The van der Waals surface area contributed by atoms with E-state index in [9.17, 15) is 4.79 Å². The number of rotatable bonds is 1. The van der Waals surface area contributed by atoms with Gasteiger partial charge in [0.1, 0.15) is 0 Å². The molecule has 2 N–H and O–H groups in total. The summed E-state index contributed by atoms with van der Waals surface area (Å²) in [5.74, 6) is 0. The number of aryl methyl sites for hydroxylation is 1. The molecule has 0 amide bonds. The Labute approximate surface area is 108 Å². The van der Waals surface area contributed by atoms with E-state index >= 15 is 0 Å². The third-order valence-corrected chi connectivity index (χ3v) is 3.29. The summed E-state index contributed by atoms with van der Waals surface area (Å²) in [6, 6.07) is 1.77. The first-order valence-corrected chi connectivity index (χ1v) is 6.29. The summed E-state index contributed by atoms with van der Waals surface area (Å²) >= 11 is 1.20. The van der Waals surface area contributed by atoms with Crippen molar-refractivity contribution < 1.29 is 0 Å². The molecule has 0 saturated heterocycles. The van der Waals surface area contributed by atoms with Gasteiger partial charge in [0.15, 0.2) is 5.01 Å². The van der Waals surface area contributed by atoms with Crippen LogP contribution in [0.25, 0.3) is 10.6 Å². The molecule has 0 fully saturated rings. The van der Waals surface area contributed by atoms with Crippen molar-refractivity contribution in [3.05, 3.63) is 22.1 Å². The highest BCUT2D eigenvalue weighted by atomic mass is 32.1. The normalized spacial score (nSPS) is 11.8. The lowest BCUT2D eigenvalue weighted by molar-refractivity contribution is 0.532. The maximum atomic E-state index is 12.1. The van der Waals surface area contributed by atoms with E-state index in [4.69, 9.17) is 5.73 Å². The molecule has 18 heavy (non-hydrogen) atoms. The highest BCUT2D eigenvalue weighted by molar-refractivity contribution is 7.18. The van der Waals surface area contributed by atoms with Crippen LogP contribution in [0.2, 0.25) is 0 Å². The summed E-state index contributed by atoms with van der Waals surface area (Å²) in [7, 11) is 1.63. The van der Waals surface area contributed by atoms with Crippen molar-refractivity contribution in [3.63, 3.8) is 0 Å². The molecule has 0 unspecified atom stereocenters. The molecule has 0 aliphatic heterocycles. The lowest BCUT2D eigenvalue weighted by Gasteiger charge is -2.18. The molecule has 2 rings (SSSR count). The summed E-state index contributed by atoms with van der Waals surface area (Å²) in [5, 5.41) is 12.8. The minimum Gasteiger partial charge on any atom is -0.374 e. The average molecular weight is 265 g/mol. The van der Waals surface area contributed by atoms with Crippen LogP contribution in [0, 0.1) is 0 Å². The molecule has 0 radical (unpaired) electrons. The Morgan fingerprint density at radius 3 is 2.50 bits per heavy atom. The van der Waals surface area contributed by atoms with E-state index in [0.29, 0.717) is 15.7 Å². The molecule has 7 heteroatoms. The number of aromatic nitrogens is 4. The molecule has 6 nitrogen and oxygen atoms in total. The summed E-state index contributed by atoms with van der Waals surface area (Å²) in [6.45, 7) is 6.12. The number of nitrogen functional groups attached to an aromatic ring is 1. The van der Waals surface area contributed by atoms with Crippen LogP contribution in [-0.2, 0) is 12.5 Å². The first-order valence-electron chi connectivity index (χ1n) is 5.47. The molecular formula is C11H15N5OS. The third-order valence-electron chi connectivity index (χ3n) is 2.50. The van der Waals surface area contributed by atoms with Gasteiger partial charge in [0.2, 0.25) is 5.13 Å². The van der Waals surface area contributed by atoms with Crippen LogP contribution in [0.4, 0.5) is 5.13 Å². The van der Waals surface area contributed by atoms with Crippen LogP contribution in [0.3, 0.4) is 0 Å². The molecule has 96 valence electrons. The summed E-state index contributed by atoms with van der Waals surface area (Å²) < 4.78 is 1.33. The zero-order valence-corrected chi connectivity index (χ0v) is 11.6. The number of anilines is 1. The maximum absolute atomic E-state index is 12.1. The Kier molecular flexibility index (Phi) is 2.94. The van der Waals surface area contributed by atoms with Gasteiger partial charge in [0.05, 0.1) is 11.3 Å². The molecule has 2 aromatic heterocycles. The van der Waals surface area contributed by atoms with Crippen molar-refractivity contribution in [2.45, 2.75) is 26.2 Å². The largest absolute Gasteiger partial charge is 0.374 e. The topological polar surface area (TPSA) is 86.7 Å². The lowest BCUT2D eigenvalue weighted by Crippen LogP contribution is -2.26. The highest BCUT2D eigenvalue weighted by Gasteiger charge is 2.20. The van der Waals surface area contributed by atoms with Gasteiger partial charge in [-0.05, 0) is 6.07 Å². The van der Waals surface area contributed by atoms with E-state index in [0.717, 1.165) is 5.69 Å². The Morgan fingerprint density at radius 2 is 2.00 bits per heavy atom. The molecule has 2 heterocycles. The van der Waals surface area contributed by atoms with Crippen LogP contribution in [-0.4, -0.2) is 20.0 Å². The van der Waals surface area contributed by atoms with Crippen LogP contribution >= 0.6 is 11.3 Å². The summed E-state index contributed by atoms with van der Waals surface area (Å²) in [4.78, 5) is 12.1. The monoisotopic (exact) mass is 265 g/mol. The first-order chi connectivity index (χ1) is 8.29. The minimum absolute atomic E-state index is 0.142. The molecule has 0 atom stereocenters. The van der Waals surface area contributed by atoms with E-state index in [1.165, 1.54) is 16.0 Å². The summed E-state index contributed by atoms with van der Waals surface area (Å²) in [5.41, 5.74) is 6.53. The van der Waals surface area contributed by atoms with Crippen molar-refractivity contribution in [1.82, 2.24) is 20.0 Å². The quantitative estimate of drug-likeness (QED) is 0.836. The fourth-order valence-corrected chi connectivity index (χ4v) is 2.09. The lowest BCUT2D eigenvalue weighted by atomic mass is 9.91. The van der Waals surface area contributed by atoms with E-state index in [1.54, 1.807) is 13.1 Å². The Balaban J connectivity index is 2.67. The molecule has 2 aromatic rings. The molecule has 0 spiro atoms. The number of hydrogen-bond acceptors (Lipinski definition) is 6. The fraction of sp³-hybridized carbons (Fsp3) is 0.455. The minimum atomic E-state index is -0.195. The molecule has 0 bridgehead atoms.